The number of fused-ring (bicyclic) bond motifs is 2. The number of carbonyl (C=O) groups excluding carboxylic acids is 5. The highest BCUT2D eigenvalue weighted by molar-refractivity contribution is 9.11. The molecule has 142 heavy (non-hydrogen) atoms. The van der Waals surface area contributed by atoms with Crippen LogP contribution in [0, 0.1) is 121 Å². The van der Waals surface area contributed by atoms with E-state index in [1.807, 2.05) is 114 Å². The maximum absolute atomic E-state index is 12.8. The zero-order chi connectivity index (χ0) is 104. The molecule has 9 aliphatic rings. The van der Waals surface area contributed by atoms with Gasteiger partial charge in [0.25, 0.3) is 0 Å². The van der Waals surface area contributed by atoms with E-state index in [1.54, 1.807) is 39.8 Å². The Kier molecular flexibility index (Phi) is 37.2. The Balaban J connectivity index is 0.000000162. The predicted octanol–water partition coefficient (Wildman–Crippen LogP) is 26.8. The summed E-state index contributed by atoms with van der Waals surface area (Å²) in [7, 11) is 0. The van der Waals surface area contributed by atoms with Crippen LogP contribution >= 0.6 is 75.3 Å². The second kappa shape index (κ2) is 47.6. The molecule has 0 atom stereocenters. The van der Waals surface area contributed by atoms with E-state index in [1.165, 1.54) is 55.5 Å². The first-order valence-electron chi connectivity index (χ1n) is 47.3. The minimum Gasteiger partial charge on any atom is -0.444 e. The number of rotatable bonds is 7. The highest BCUT2D eigenvalue weighted by Gasteiger charge is 2.53. The van der Waals surface area contributed by atoms with Crippen molar-refractivity contribution in [2.75, 3.05) is 133 Å². The van der Waals surface area contributed by atoms with Gasteiger partial charge in [-0.05, 0) is 307 Å². The molecule has 2 aromatic heterocycles. The van der Waals surface area contributed by atoms with Crippen molar-refractivity contribution in [2.24, 2.45) is 21.7 Å². The number of anilines is 3. The van der Waals surface area contributed by atoms with Crippen molar-refractivity contribution in [1.29, 1.82) is 0 Å². The van der Waals surface area contributed by atoms with Crippen molar-refractivity contribution in [3.05, 3.63) is 259 Å². The van der Waals surface area contributed by atoms with Crippen molar-refractivity contribution in [1.82, 2.24) is 45.7 Å². The van der Waals surface area contributed by atoms with E-state index in [9.17, 15) is 37.1 Å². The zero-order valence-corrected chi connectivity index (χ0v) is 91.0. The fourth-order valence-corrected chi connectivity index (χ4v) is 20.3. The monoisotopic (exact) mass is 2210 g/mol. The van der Waals surface area contributed by atoms with Crippen LogP contribution in [0.4, 0.5) is 67.4 Å². The molecule has 0 saturated carbocycles. The number of amides is 3. The molecule has 9 saturated heterocycles. The first-order chi connectivity index (χ1) is 67.1. The summed E-state index contributed by atoms with van der Waals surface area (Å²) < 4.78 is 61.9. The van der Waals surface area contributed by atoms with E-state index in [4.69, 9.17) is 56.8 Å². The largest absolute Gasteiger partial charge is 0.444 e. The van der Waals surface area contributed by atoms with Crippen molar-refractivity contribution in [2.45, 2.75) is 173 Å². The fraction of sp³-hybridized carbons (Fsp3) is 0.440. The number of aromatic amines is 2. The van der Waals surface area contributed by atoms with E-state index in [0.29, 0.717) is 50.5 Å². The number of hydrogen-bond donors (Lipinski definition) is 4. The van der Waals surface area contributed by atoms with Gasteiger partial charge in [-0.15, -0.1) is 0 Å². The molecule has 25 nitrogen and oxygen atoms in total. The van der Waals surface area contributed by atoms with E-state index >= 15 is 0 Å². The number of allylic oxidation sites excluding steroid dienone is 1. The van der Waals surface area contributed by atoms with Crippen LogP contribution in [0.5, 0.6) is 0 Å². The van der Waals surface area contributed by atoms with Gasteiger partial charge in [-0.3, -0.25) is 19.8 Å². The number of likely N-dealkylation sites (tertiary alicyclic amines) is 3. The van der Waals surface area contributed by atoms with Crippen LogP contribution in [0.3, 0.4) is 0 Å². The van der Waals surface area contributed by atoms with Crippen LogP contribution in [0.1, 0.15) is 156 Å². The molecule has 4 N–H and O–H groups in total. The minimum absolute atomic E-state index is 0.0602. The topological polar surface area (TPSA) is 241 Å². The first-order valence-corrected chi connectivity index (χ1v) is 50.8. The predicted molar refractivity (Wildman–Crippen MR) is 573 cm³/mol. The third-order valence-corrected chi connectivity index (χ3v) is 30.3. The lowest BCUT2D eigenvalue weighted by molar-refractivity contribution is -0.107. The minimum atomic E-state index is -0.509. The Bertz CT molecular complexity index is 6480. The molecular weight excluding hydrogens is 2090 g/mol. The van der Waals surface area contributed by atoms with Crippen molar-refractivity contribution >= 4 is 167 Å². The molecule has 8 aromatic carbocycles. The van der Waals surface area contributed by atoms with Gasteiger partial charge in [-0.1, -0.05) is 114 Å². The zero-order valence-electron chi connectivity index (χ0n) is 83.9. The summed E-state index contributed by atoms with van der Waals surface area (Å²) in [5.41, 5.74) is 19.6. The number of H-pyrrole nitrogens is 2. The number of nitrogens with one attached hydrogen (secondary N) is 4. The Hall–Kier alpha value is -11.2. The Morgan fingerprint density at radius 1 is 0.451 bits per heavy atom. The standard InChI is InChI=1S/C27H31N5O2.C22H23N5.C19H24BrN3O2.C11H20N2O2.C8H5BrFN.C8H6BrFO.C7H6BrF.C4H8O.C3H3ClO/c1-17-7-9-20-19(13-29-30-20)22(17)23-18(2)8-10-21(24(23)28-6)31-12-11-27(14-31)15-32(16-27)25(33)34-26(3,4)5;1-14-4-6-17-16(10-25-26-17)19(14)20-15(2)5-7-18(21(20)23-3)27-9-8-22(13-27)11-24-12-22;1-13-6-7-14(16(21-5)15(13)20)22-9-8-19(10-22)11-23(12-19)17(24)25-18(2,3)4;1-10(2,3)15-9(14)13-7-11(8-13)4-5-12-6-11;1-5-3-4-6(10)8(11-2)7(5)9;1-5-2-3-7(10)6(4-11)8(5)9;1-5-2-3-6(9)4-7(5)8;1-2-4-5-3-1;1-2-3(4)5/h7-10,13H,11-12,14-16H2,1-5H3,(H,29,30);4-7,10,24H,8-9,11-13H2,1-2H3,(H,25,26);6-7H,8-12H2,1-4H3;12H,4-8H2,1-3H3;3-4H,1H3;2-4H,1H3;2-4H,1H3;1-4H2;2H,1H2. The van der Waals surface area contributed by atoms with Gasteiger partial charge < -0.3 is 59.0 Å². The molecule has 9 aliphatic heterocycles. The van der Waals surface area contributed by atoms with Crippen LogP contribution in [-0.2, 0) is 23.7 Å². The van der Waals surface area contributed by atoms with Gasteiger partial charge in [-0.2, -0.15) is 10.2 Å². The van der Waals surface area contributed by atoms with E-state index < -0.39 is 28.1 Å². The Morgan fingerprint density at radius 3 is 1.14 bits per heavy atom. The number of halogens is 8. The number of carbonyl (C=O) groups is 5. The number of nitrogens with zero attached hydrogens (tertiary/aromatic N) is 12. The van der Waals surface area contributed by atoms with E-state index in [2.05, 4.69) is 206 Å². The summed E-state index contributed by atoms with van der Waals surface area (Å²) in [4.78, 5) is 83.3. The molecule has 11 heterocycles. The van der Waals surface area contributed by atoms with Gasteiger partial charge in [0.1, 0.15) is 34.3 Å². The van der Waals surface area contributed by atoms with Gasteiger partial charge in [0.2, 0.25) is 28.0 Å². The molecule has 9 fully saturated rings. The third kappa shape index (κ3) is 27.5. The van der Waals surface area contributed by atoms with Gasteiger partial charge in [0.05, 0.1) is 55.3 Å². The molecule has 10 aromatic rings. The third-order valence-electron chi connectivity index (χ3n) is 26.2. The molecule has 752 valence electrons. The maximum atomic E-state index is 12.8. The van der Waals surface area contributed by atoms with Crippen LogP contribution in [-0.4, -0.2) is 200 Å². The number of aryl methyl sites for hydroxylation is 8. The molecule has 33 heteroatoms. The molecular formula is C109H126Br4ClF3N16O9. The lowest BCUT2D eigenvalue weighted by atomic mass is 9.79. The van der Waals surface area contributed by atoms with Crippen LogP contribution in [0.25, 0.3) is 63.4 Å². The number of aldehydes is 1. The van der Waals surface area contributed by atoms with Crippen molar-refractivity contribution in [3.8, 4) is 22.3 Å². The normalized spacial score (nSPS) is 16.6. The van der Waals surface area contributed by atoms with E-state index in [-0.39, 0.29) is 51.8 Å². The van der Waals surface area contributed by atoms with Gasteiger partial charge in [0, 0.05) is 179 Å². The lowest BCUT2D eigenvalue weighted by Gasteiger charge is -2.47. The van der Waals surface area contributed by atoms with Crippen LogP contribution in [0.15, 0.2) is 146 Å². The highest BCUT2D eigenvalue weighted by Crippen LogP contribution is 2.52. The first kappa shape index (κ1) is 111. The number of aromatic nitrogens is 4. The average Bonchev–Trinajstić information content (AvgIpc) is 1.58. The molecule has 0 aliphatic carbocycles. The van der Waals surface area contributed by atoms with Gasteiger partial charge in [0.15, 0.2) is 6.29 Å². The summed E-state index contributed by atoms with van der Waals surface area (Å²) in [5, 5.41) is 23.0. The number of benzene rings is 8. The Labute approximate surface area is 870 Å². The molecule has 0 bridgehead atoms. The molecule has 3 amide bonds. The number of hydrogen-bond acceptors (Lipinski definition) is 16. The lowest BCUT2D eigenvalue weighted by Crippen LogP contribution is -2.60. The van der Waals surface area contributed by atoms with Crippen LogP contribution in [0.2, 0.25) is 0 Å². The SMILES string of the molecule is C1CCOC1.C=CC(=O)Cl.CC(C)(C)OC(=O)N1CC2(CCNC2)C1.Cc1ccc(F)c(C=O)c1Br.Cc1ccc(F)cc1Br.[C-]#[N+]c1c(F)ccc(C)c1Br.[C-]#[N+]c1c(N2CCC3(CN(C(=O)OC(C)(C)C)C3)C2)ccc(C)c1-c1c(C)ccc2[nH]ncc12.[C-]#[N+]c1c(N2CCC3(CN(C(=O)OC(C)(C)C)C3)C2)ccc(C)c1Br.[C-]#[N+]c1c(N2CCC3(CNC3)C2)ccc(C)c1-c1c(C)ccc2[nH]ncc12. The smallest absolute Gasteiger partial charge is 0.410 e. The molecule has 4 spiro atoms. The van der Waals surface area contributed by atoms with Crippen molar-refractivity contribution in [3.63, 3.8) is 0 Å². The molecule has 0 unspecified atom stereocenters. The van der Waals surface area contributed by atoms with Crippen molar-refractivity contribution < 1.29 is 56.1 Å². The van der Waals surface area contributed by atoms with Gasteiger partial charge >= 0.3 is 18.3 Å². The summed E-state index contributed by atoms with van der Waals surface area (Å²) in [6.07, 6.45) is 11.6. The second-order valence-electron chi connectivity index (χ2n) is 41.0. The maximum Gasteiger partial charge on any atom is 0.410 e. The average molecular weight is 2220 g/mol. The van der Waals surface area contributed by atoms with Gasteiger partial charge in [-0.25, -0.2) is 46.9 Å². The second-order valence-corrected chi connectivity index (χ2v) is 44.6. The molecule has 19 rings (SSSR count). The van der Waals surface area contributed by atoms with E-state index in [0.717, 1.165) is 238 Å². The summed E-state index contributed by atoms with van der Waals surface area (Å²) in [6, 6.07) is 31.4. The molecule has 0 radical (unpaired) electrons. The highest BCUT2D eigenvalue weighted by atomic mass is 79.9. The summed E-state index contributed by atoms with van der Waals surface area (Å²) in [5.74, 6) is -1.16. The quantitative estimate of drug-likeness (QED) is 0.0381. The summed E-state index contributed by atoms with van der Waals surface area (Å²) in [6.45, 7) is 82.9. The van der Waals surface area contributed by atoms with Crippen LogP contribution < -0.4 is 25.3 Å². The Morgan fingerprint density at radius 2 is 0.803 bits per heavy atom. The number of ether oxygens (including phenoxy) is 4. The fourth-order valence-electron chi connectivity index (χ4n) is 18.7. The summed E-state index contributed by atoms with van der Waals surface area (Å²) >= 11 is 17.7.